The fraction of sp³-hybridized carbons (Fsp3) is 0.171. The molecule has 0 radical (unpaired) electrons. The van der Waals surface area contributed by atoms with Gasteiger partial charge in [-0.15, -0.1) is 0 Å². The minimum absolute atomic E-state index is 0.226. The molecule has 0 fully saturated rings. The lowest BCUT2D eigenvalue weighted by atomic mass is 9.96. The van der Waals surface area contributed by atoms with E-state index in [1.165, 1.54) is 11.3 Å². The fourth-order valence-corrected chi connectivity index (χ4v) is 7.25. The lowest BCUT2D eigenvalue weighted by molar-refractivity contribution is -0.139. The molecule has 0 N–H and O–H groups in total. The Kier molecular flexibility index (Phi) is 8.67. The molecule has 0 aliphatic carbocycles. The zero-order chi connectivity index (χ0) is 30.8. The van der Waals surface area contributed by atoms with Gasteiger partial charge in [0.15, 0.2) is 16.3 Å². The molecule has 1 aliphatic rings. The van der Waals surface area contributed by atoms with Crippen LogP contribution >= 0.6 is 33.9 Å². The molecule has 9 heteroatoms. The van der Waals surface area contributed by atoms with E-state index in [0.29, 0.717) is 38.7 Å². The molecule has 4 aromatic carbocycles. The number of hydrogen-bond acceptors (Lipinski definition) is 7. The molecule has 1 atom stereocenters. The Hall–Kier alpha value is -4.22. The number of esters is 1. The molecule has 5 aromatic rings. The number of ether oxygens (including phenoxy) is 3. The summed E-state index contributed by atoms with van der Waals surface area (Å²) in [6, 6.07) is 27.1. The van der Waals surface area contributed by atoms with Gasteiger partial charge in [0, 0.05) is 0 Å². The summed E-state index contributed by atoms with van der Waals surface area (Å²) in [5, 5.41) is 2.30. The van der Waals surface area contributed by atoms with Gasteiger partial charge in [0.05, 0.1) is 39.1 Å². The van der Waals surface area contributed by atoms with Crippen LogP contribution in [-0.4, -0.2) is 24.3 Å². The van der Waals surface area contributed by atoms with E-state index in [1.807, 2.05) is 66.7 Å². The van der Waals surface area contributed by atoms with Crippen LogP contribution in [0.5, 0.6) is 11.5 Å². The summed E-state index contributed by atoms with van der Waals surface area (Å²) in [5.74, 6) is 0.729. The van der Waals surface area contributed by atoms with Crippen molar-refractivity contribution in [2.24, 2.45) is 4.99 Å². The SMILES string of the molecule is CCOC(=O)C1=C(C)N=c2sc(=Cc3cc(I)c(OCc4cccc5ccccc45)c(OC)c3)c(=O)n2[C@@H]1c1ccccc1. The molecule has 1 aromatic heterocycles. The lowest BCUT2D eigenvalue weighted by Crippen LogP contribution is -2.39. The predicted octanol–water partition coefficient (Wildman–Crippen LogP) is 6.14. The first kappa shape index (κ1) is 29.8. The number of hydrogen-bond donors (Lipinski definition) is 0. The van der Waals surface area contributed by atoms with Crippen molar-refractivity contribution in [2.45, 2.75) is 26.5 Å². The number of nitrogens with zero attached hydrogens (tertiary/aromatic N) is 2. The molecular weight excluding hydrogens is 687 g/mol. The van der Waals surface area contributed by atoms with Gasteiger partial charge in [0.2, 0.25) is 0 Å². The van der Waals surface area contributed by atoms with Crippen molar-refractivity contribution >= 4 is 56.7 Å². The third-order valence-corrected chi connectivity index (χ3v) is 9.22. The van der Waals surface area contributed by atoms with Crippen LogP contribution in [0.1, 0.15) is 36.6 Å². The maximum absolute atomic E-state index is 14.0. The van der Waals surface area contributed by atoms with Gasteiger partial charge < -0.3 is 14.2 Å². The lowest BCUT2D eigenvalue weighted by Gasteiger charge is -2.24. The van der Waals surface area contributed by atoms with Gasteiger partial charge in [-0.2, -0.15) is 0 Å². The molecular formula is C35H29IN2O5S. The number of methoxy groups -OCH3 is 1. The van der Waals surface area contributed by atoms with E-state index >= 15 is 0 Å². The zero-order valence-corrected chi connectivity index (χ0v) is 27.3. The van der Waals surface area contributed by atoms with E-state index in [2.05, 4.69) is 51.8 Å². The maximum Gasteiger partial charge on any atom is 0.338 e. The zero-order valence-electron chi connectivity index (χ0n) is 24.4. The fourth-order valence-electron chi connectivity index (χ4n) is 5.43. The predicted molar refractivity (Wildman–Crippen MR) is 181 cm³/mol. The van der Waals surface area contributed by atoms with Gasteiger partial charge in [-0.25, -0.2) is 9.79 Å². The molecule has 6 rings (SSSR count). The van der Waals surface area contributed by atoms with Crippen LogP contribution in [0.4, 0.5) is 0 Å². The van der Waals surface area contributed by atoms with Crippen molar-refractivity contribution in [2.75, 3.05) is 13.7 Å². The number of carbonyl (C=O) groups is 1. The number of halogens is 1. The van der Waals surface area contributed by atoms with Gasteiger partial charge in [-0.3, -0.25) is 9.36 Å². The summed E-state index contributed by atoms with van der Waals surface area (Å²) >= 11 is 3.52. The Balaban J connectivity index is 1.39. The highest BCUT2D eigenvalue weighted by atomic mass is 127. The summed E-state index contributed by atoms with van der Waals surface area (Å²) in [5.41, 5.74) is 3.33. The second-order valence-electron chi connectivity index (χ2n) is 10.2. The second-order valence-corrected chi connectivity index (χ2v) is 12.3. The van der Waals surface area contributed by atoms with Crippen molar-refractivity contribution in [3.8, 4) is 11.5 Å². The molecule has 222 valence electrons. The average Bonchev–Trinajstić information content (AvgIpc) is 3.33. The van der Waals surface area contributed by atoms with Crippen LogP contribution in [-0.2, 0) is 16.1 Å². The summed E-state index contributed by atoms with van der Waals surface area (Å²) in [4.78, 5) is 32.2. The van der Waals surface area contributed by atoms with Crippen LogP contribution in [0.2, 0.25) is 0 Å². The highest BCUT2D eigenvalue weighted by Gasteiger charge is 2.33. The number of aromatic nitrogens is 1. The van der Waals surface area contributed by atoms with Crippen LogP contribution in [0.15, 0.2) is 106 Å². The largest absolute Gasteiger partial charge is 0.493 e. The van der Waals surface area contributed by atoms with Crippen LogP contribution in [0.25, 0.3) is 16.8 Å². The van der Waals surface area contributed by atoms with Crippen LogP contribution < -0.4 is 24.4 Å². The van der Waals surface area contributed by atoms with Crippen molar-refractivity contribution in [3.05, 3.63) is 136 Å². The number of thiazole rings is 1. The number of rotatable bonds is 8. The molecule has 7 nitrogen and oxygen atoms in total. The highest BCUT2D eigenvalue weighted by Crippen LogP contribution is 2.35. The maximum atomic E-state index is 14.0. The van der Waals surface area contributed by atoms with Gasteiger partial charge in [-0.05, 0) is 82.1 Å². The van der Waals surface area contributed by atoms with E-state index in [4.69, 9.17) is 14.2 Å². The standard InChI is InChI=1S/C35H29IN2O5S/c1-4-42-34(40)30-21(2)37-35-38(31(30)24-12-6-5-7-13-24)33(39)29(44-35)19-22-17-27(36)32(28(18-22)41-3)43-20-25-15-10-14-23-11-8-9-16-26(23)25/h5-19,31H,4,20H2,1-3H3/t31-/m1/s1. The van der Waals surface area contributed by atoms with E-state index in [0.717, 1.165) is 31.0 Å². The number of fused-ring (bicyclic) bond motifs is 2. The Morgan fingerprint density at radius 3 is 2.57 bits per heavy atom. The van der Waals surface area contributed by atoms with Crippen molar-refractivity contribution < 1.29 is 19.0 Å². The summed E-state index contributed by atoms with van der Waals surface area (Å²) in [6.45, 7) is 4.15. The molecule has 0 bridgehead atoms. The minimum Gasteiger partial charge on any atom is -0.493 e. The molecule has 0 unspecified atom stereocenters. The molecule has 2 heterocycles. The minimum atomic E-state index is -0.645. The Morgan fingerprint density at radius 2 is 1.80 bits per heavy atom. The second kappa shape index (κ2) is 12.8. The summed E-state index contributed by atoms with van der Waals surface area (Å²) in [6.07, 6.45) is 1.83. The van der Waals surface area contributed by atoms with Gasteiger partial charge in [0.25, 0.3) is 5.56 Å². The summed E-state index contributed by atoms with van der Waals surface area (Å²) in [7, 11) is 1.60. The van der Waals surface area contributed by atoms with E-state index in [-0.39, 0.29) is 12.2 Å². The quantitative estimate of drug-likeness (QED) is 0.143. The molecule has 0 saturated heterocycles. The number of benzene rings is 4. The first-order valence-corrected chi connectivity index (χ1v) is 16.0. The smallest absolute Gasteiger partial charge is 0.338 e. The first-order valence-electron chi connectivity index (χ1n) is 14.1. The van der Waals surface area contributed by atoms with E-state index in [9.17, 15) is 9.59 Å². The Labute approximate surface area is 271 Å². The molecule has 44 heavy (non-hydrogen) atoms. The Morgan fingerprint density at radius 1 is 1.05 bits per heavy atom. The average molecular weight is 717 g/mol. The van der Waals surface area contributed by atoms with Crippen LogP contribution in [0.3, 0.4) is 0 Å². The van der Waals surface area contributed by atoms with Crippen molar-refractivity contribution in [1.82, 2.24) is 4.57 Å². The topological polar surface area (TPSA) is 79.1 Å². The van der Waals surface area contributed by atoms with E-state index < -0.39 is 12.0 Å². The third kappa shape index (κ3) is 5.69. The van der Waals surface area contributed by atoms with Gasteiger partial charge in [0.1, 0.15) is 6.61 Å². The molecule has 0 amide bonds. The molecule has 1 aliphatic heterocycles. The monoisotopic (exact) mass is 716 g/mol. The third-order valence-electron chi connectivity index (χ3n) is 7.43. The normalized spacial score (nSPS) is 14.7. The van der Waals surface area contributed by atoms with Gasteiger partial charge in [-0.1, -0.05) is 84.1 Å². The summed E-state index contributed by atoms with van der Waals surface area (Å²) < 4.78 is 20.4. The number of allylic oxidation sites excluding steroid dienone is 1. The Bertz CT molecular complexity index is 2090. The molecule has 0 saturated carbocycles. The number of carbonyl (C=O) groups excluding carboxylic acids is 1. The van der Waals surface area contributed by atoms with Crippen LogP contribution in [0, 0.1) is 3.57 Å². The van der Waals surface area contributed by atoms with Gasteiger partial charge >= 0.3 is 5.97 Å². The molecule has 0 spiro atoms. The van der Waals surface area contributed by atoms with Crippen molar-refractivity contribution in [3.63, 3.8) is 0 Å². The first-order chi connectivity index (χ1) is 21.4. The van der Waals surface area contributed by atoms with E-state index in [1.54, 1.807) is 25.5 Å². The highest BCUT2D eigenvalue weighted by molar-refractivity contribution is 14.1. The van der Waals surface area contributed by atoms with Crippen molar-refractivity contribution in [1.29, 1.82) is 0 Å².